The van der Waals surface area contributed by atoms with Crippen molar-refractivity contribution in [1.29, 1.82) is 0 Å². The van der Waals surface area contributed by atoms with Gasteiger partial charge in [-0.25, -0.2) is 4.98 Å². The van der Waals surface area contributed by atoms with Gasteiger partial charge in [-0.1, -0.05) is 54.2 Å². The summed E-state index contributed by atoms with van der Waals surface area (Å²) < 4.78 is 0. The Morgan fingerprint density at radius 3 is 2.40 bits per heavy atom. The van der Waals surface area contributed by atoms with Crippen molar-refractivity contribution in [2.45, 2.75) is 16.8 Å². The lowest BCUT2D eigenvalue weighted by Gasteiger charge is -2.09. The summed E-state index contributed by atoms with van der Waals surface area (Å²) in [7, 11) is 0. The lowest BCUT2D eigenvalue weighted by Crippen LogP contribution is -1.85. The van der Waals surface area contributed by atoms with Crippen LogP contribution in [-0.4, -0.2) is 4.98 Å². The van der Waals surface area contributed by atoms with Crippen molar-refractivity contribution in [3.63, 3.8) is 0 Å². The van der Waals surface area contributed by atoms with Crippen LogP contribution in [0.15, 0.2) is 82.8 Å². The first-order valence-corrected chi connectivity index (χ1v) is 7.39. The van der Waals surface area contributed by atoms with Gasteiger partial charge in [0.1, 0.15) is 5.03 Å². The van der Waals surface area contributed by atoms with Gasteiger partial charge in [0.15, 0.2) is 0 Å². The fourth-order valence-electron chi connectivity index (χ4n) is 2.12. The molecule has 1 heterocycles. The highest BCUT2D eigenvalue weighted by Crippen LogP contribution is 2.31. The van der Waals surface area contributed by atoms with E-state index in [2.05, 4.69) is 54.4 Å². The molecule has 3 rings (SSSR count). The van der Waals surface area contributed by atoms with Gasteiger partial charge in [-0.3, -0.25) is 0 Å². The summed E-state index contributed by atoms with van der Waals surface area (Å²) in [5.74, 6) is 0. The maximum absolute atomic E-state index is 4.36. The zero-order chi connectivity index (χ0) is 13.8. The van der Waals surface area contributed by atoms with E-state index in [0.29, 0.717) is 0 Å². The molecule has 0 amide bonds. The number of pyridine rings is 1. The van der Waals surface area contributed by atoms with Gasteiger partial charge in [0, 0.05) is 11.1 Å². The summed E-state index contributed by atoms with van der Waals surface area (Å²) in [5.41, 5.74) is 3.83. The molecule has 0 aliphatic heterocycles. The molecule has 0 unspecified atom stereocenters. The second kappa shape index (κ2) is 5.93. The molecule has 98 valence electrons. The molecular formula is C18H15NS. The average Bonchev–Trinajstić information content (AvgIpc) is 2.51. The van der Waals surface area contributed by atoms with Gasteiger partial charge in [0.2, 0.25) is 0 Å². The maximum atomic E-state index is 4.36. The average molecular weight is 277 g/mol. The van der Waals surface area contributed by atoms with E-state index in [1.54, 1.807) is 11.8 Å². The molecule has 0 spiro atoms. The van der Waals surface area contributed by atoms with Crippen LogP contribution in [0.4, 0.5) is 0 Å². The third kappa shape index (κ3) is 2.91. The first kappa shape index (κ1) is 12.9. The van der Waals surface area contributed by atoms with Gasteiger partial charge in [-0.15, -0.1) is 0 Å². The Labute approximate surface area is 123 Å². The molecule has 0 fully saturated rings. The molecule has 0 N–H and O–H groups in total. The number of hydrogen-bond donors (Lipinski definition) is 0. The van der Waals surface area contributed by atoms with E-state index in [0.717, 1.165) is 5.03 Å². The number of hydrogen-bond acceptors (Lipinski definition) is 2. The predicted octanol–water partition coefficient (Wildman–Crippen LogP) is 5.21. The van der Waals surface area contributed by atoms with Gasteiger partial charge in [-0.05, 0) is 47.9 Å². The van der Waals surface area contributed by atoms with E-state index in [1.165, 1.54) is 21.6 Å². The summed E-state index contributed by atoms with van der Waals surface area (Å²) in [4.78, 5) is 5.58. The molecule has 1 nitrogen and oxygen atoms in total. The van der Waals surface area contributed by atoms with Gasteiger partial charge < -0.3 is 0 Å². The molecule has 0 saturated heterocycles. The summed E-state index contributed by atoms with van der Waals surface area (Å²) in [5, 5.41) is 1.02. The van der Waals surface area contributed by atoms with E-state index in [9.17, 15) is 0 Å². The quantitative estimate of drug-likeness (QED) is 0.652. The van der Waals surface area contributed by atoms with E-state index in [-0.39, 0.29) is 0 Å². The van der Waals surface area contributed by atoms with Crippen LogP contribution in [0.25, 0.3) is 11.1 Å². The molecule has 2 heteroatoms. The van der Waals surface area contributed by atoms with Crippen molar-refractivity contribution in [2.75, 3.05) is 0 Å². The molecule has 0 aliphatic carbocycles. The smallest absolute Gasteiger partial charge is 0.101 e. The highest BCUT2D eigenvalue weighted by atomic mass is 32.2. The van der Waals surface area contributed by atoms with Crippen LogP contribution in [0.1, 0.15) is 5.56 Å². The molecule has 0 bridgehead atoms. The molecule has 20 heavy (non-hydrogen) atoms. The van der Waals surface area contributed by atoms with E-state index >= 15 is 0 Å². The highest BCUT2D eigenvalue weighted by Gasteiger charge is 2.04. The van der Waals surface area contributed by atoms with Crippen LogP contribution < -0.4 is 0 Å². The maximum Gasteiger partial charge on any atom is 0.101 e. The Morgan fingerprint density at radius 2 is 1.65 bits per heavy atom. The minimum Gasteiger partial charge on any atom is -0.250 e. The van der Waals surface area contributed by atoms with Gasteiger partial charge in [-0.2, -0.15) is 0 Å². The Balaban J connectivity index is 1.95. The zero-order valence-electron chi connectivity index (χ0n) is 11.3. The fourth-order valence-corrected chi connectivity index (χ4v) is 2.94. The Hall–Kier alpha value is -2.06. The molecule has 0 saturated carbocycles. The van der Waals surface area contributed by atoms with Gasteiger partial charge in [0.05, 0.1) is 0 Å². The van der Waals surface area contributed by atoms with Crippen molar-refractivity contribution < 1.29 is 0 Å². The van der Waals surface area contributed by atoms with Crippen molar-refractivity contribution in [3.05, 3.63) is 78.5 Å². The van der Waals surface area contributed by atoms with Gasteiger partial charge in [0.25, 0.3) is 0 Å². The number of aryl methyl sites for hydroxylation is 1. The van der Waals surface area contributed by atoms with E-state index in [1.807, 2.05) is 30.5 Å². The third-order valence-corrected chi connectivity index (χ3v) is 4.09. The van der Waals surface area contributed by atoms with Crippen LogP contribution in [0.2, 0.25) is 0 Å². The lowest BCUT2D eigenvalue weighted by atomic mass is 10.0. The van der Waals surface area contributed by atoms with Crippen LogP contribution >= 0.6 is 11.8 Å². The highest BCUT2D eigenvalue weighted by molar-refractivity contribution is 7.99. The number of benzene rings is 2. The Bertz CT molecular complexity index is 693. The normalized spacial score (nSPS) is 10.4. The second-order valence-electron chi connectivity index (χ2n) is 4.61. The van der Waals surface area contributed by atoms with Crippen LogP contribution in [0, 0.1) is 6.92 Å². The second-order valence-corrected chi connectivity index (χ2v) is 5.71. The summed E-state index contributed by atoms with van der Waals surface area (Å²) in [6, 6.07) is 23.1. The number of rotatable bonds is 3. The van der Waals surface area contributed by atoms with E-state index < -0.39 is 0 Å². The molecule has 0 radical (unpaired) electrons. The molecule has 0 aliphatic rings. The minimum absolute atomic E-state index is 1.02. The van der Waals surface area contributed by atoms with Crippen molar-refractivity contribution in [1.82, 2.24) is 4.98 Å². The summed E-state index contributed by atoms with van der Waals surface area (Å²) in [6.45, 7) is 2.15. The lowest BCUT2D eigenvalue weighted by molar-refractivity contribution is 1.13. The molecule has 1 aromatic heterocycles. The van der Waals surface area contributed by atoms with Crippen molar-refractivity contribution >= 4 is 11.8 Å². The summed E-state index contributed by atoms with van der Waals surface area (Å²) in [6.07, 6.45) is 1.83. The summed E-state index contributed by atoms with van der Waals surface area (Å²) >= 11 is 1.69. The minimum atomic E-state index is 1.02. The third-order valence-electron chi connectivity index (χ3n) is 3.15. The predicted molar refractivity (Wildman–Crippen MR) is 85.0 cm³/mol. The molecule has 0 atom stereocenters. The number of aromatic nitrogens is 1. The number of nitrogens with zero attached hydrogens (tertiary/aromatic N) is 1. The van der Waals surface area contributed by atoms with Crippen LogP contribution in [0.3, 0.4) is 0 Å². The van der Waals surface area contributed by atoms with E-state index in [4.69, 9.17) is 0 Å². The SMILES string of the molecule is Cc1ccc(Sc2ccccn2)cc1-c1ccccc1. The van der Waals surface area contributed by atoms with Crippen LogP contribution in [0.5, 0.6) is 0 Å². The first-order chi connectivity index (χ1) is 9.83. The largest absolute Gasteiger partial charge is 0.250 e. The molecular weight excluding hydrogens is 262 g/mol. The zero-order valence-corrected chi connectivity index (χ0v) is 12.1. The topological polar surface area (TPSA) is 12.9 Å². The Morgan fingerprint density at radius 1 is 0.850 bits per heavy atom. The molecule has 2 aromatic carbocycles. The van der Waals surface area contributed by atoms with Crippen LogP contribution in [-0.2, 0) is 0 Å². The first-order valence-electron chi connectivity index (χ1n) is 6.58. The van der Waals surface area contributed by atoms with Crippen molar-refractivity contribution in [3.8, 4) is 11.1 Å². The monoisotopic (exact) mass is 277 g/mol. The van der Waals surface area contributed by atoms with Gasteiger partial charge >= 0.3 is 0 Å². The fraction of sp³-hybridized carbons (Fsp3) is 0.0556. The van der Waals surface area contributed by atoms with Crippen molar-refractivity contribution in [2.24, 2.45) is 0 Å². The molecule has 3 aromatic rings. The standard InChI is InChI=1S/C18H15NS/c1-14-10-11-16(20-18-9-5-6-12-19-18)13-17(14)15-7-3-2-4-8-15/h2-13H,1H3. The Kier molecular flexibility index (Phi) is 3.84.